The second kappa shape index (κ2) is 8.56. The molecule has 1 aromatic heterocycles. The minimum Gasteiger partial charge on any atom is -0.328 e. The maximum atomic E-state index is 13.3. The average molecular weight is 496 g/mol. The number of hydrogen-bond donors (Lipinski definition) is 1. The van der Waals surface area contributed by atoms with Crippen LogP contribution in [0.15, 0.2) is 65.0 Å². The third-order valence-corrected chi connectivity index (χ3v) is 7.28. The third-order valence-electron chi connectivity index (χ3n) is 6.02. The number of nitrogens with zero attached hydrogens (tertiary/aromatic N) is 4. The molecular weight excluding hydrogens is 474 g/mol. The summed E-state index contributed by atoms with van der Waals surface area (Å²) in [6, 6.07) is 13.4. The normalized spacial score (nSPS) is 18.8. The summed E-state index contributed by atoms with van der Waals surface area (Å²) in [4.78, 5) is 29.0. The Bertz CT molecular complexity index is 1350. The largest absolute Gasteiger partial charge is 0.328 e. The molecule has 0 amide bonds. The van der Waals surface area contributed by atoms with Crippen LogP contribution >= 0.6 is 23.4 Å². The van der Waals surface area contributed by atoms with Gasteiger partial charge in [0.25, 0.3) is 5.69 Å². The van der Waals surface area contributed by atoms with Gasteiger partial charge < -0.3 is 5.32 Å². The van der Waals surface area contributed by atoms with E-state index in [2.05, 4.69) is 24.1 Å². The van der Waals surface area contributed by atoms with Crippen LogP contribution in [0.3, 0.4) is 0 Å². The summed E-state index contributed by atoms with van der Waals surface area (Å²) in [5, 5.41) is 20.7. The fraction of sp³-hybridized carbons (Fsp3) is 0.292. The fourth-order valence-electron chi connectivity index (χ4n) is 4.52. The molecule has 2 aliphatic rings. The molecule has 34 heavy (non-hydrogen) atoms. The number of hydrogen-bond acceptors (Lipinski definition) is 7. The number of allylic oxidation sites excluding steroid dienone is 2. The summed E-state index contributed by atoms with van der Waals surface area (Å²) in [7, 11) is 0. The summed E-state index contributed by atoms with van der Waals surface area (Å²) in [6.45, 7) is 4.12. The average Bonchev–Trinajstić information content (AvgIpc) is 3.18. The van der Waals surface area contributed by atoms with Gasteiger partial charge >= 0.3 is 0 Å². The number of benzene rings is 2. The van der Waals surface area contributed by atoms with E-state index >= 15 is 0 Å². The molecule has 1 aliphatic carbocycles. The first-order valence-electron chi connectivity index (χ1n) is 10.8. The zero-order valence-electron chi connectivity index (χ0n) is 18.6. The van der Waals surface area contributed by atoms with Crippen LogP contribution in [0.4, 0.5) is 11.6 Å². The number of Topliss-reactive ketones (excluding diaryl/α,β-unsaturated/α-hetero) is 1. The van der Waals surface area contributed by atoms with E-state index in [1.807, 2.05) is 24.3 Å². The molecule has 1 atom stereocenters. The smallest absolute Gasteiger partial charge is 0.269 e. The second-order valence-electron chi connectivity index (χ2n) is 9.26. The molecule has 0 unspecified atom stereocenters. The Morgan fingerprint density at radius 2 is 2.03 bits per heavy atom. The first kappa shape index (κ1) is 22.6. The molecule has 10 heteroatoms. The Hall–Kier alpha value is -3.17. The third kappa shape index (κ3) is 4.21. The first-order valence-corrected chi connectivity index (χ1v) is 12.2. The zero-order chi connectivity index (χ0) is 24.0. The van der Waals surface area contributed by atoms with E-state index in [0.717, 1.165) is 11.3 Å². The lowest BCUT2D eigenvalue weighted by molar-refractivity contribution is -0.384. The Morgan fingerprint density at radius 3 is 2.79 bits per heavy atom. The number of halogens is 1. The number of nitrogens with one attached hydrogen (secondary N) is 1. The molecular formula is C24H22ClN5O3S. The van der Waals surface area contributed by atoms with E-state index in [-0.39, 0.29) is 16.9 Å². The van der Waals surface area contributed by atoms with Crippen molar-refractivity contribution in [2.45, 2.75) is 43.6 Å². The zero-order valence-corrected chi connectivity index (χ0v) is 20.2. The van der Waals surface area contributed by atoms with Crippen LogP contribution in [0.1, 0.15) is 43.9 Å². The van der Waals surface area contributed by atoms with Gasteiger partial charge in [0, 0.05) is 40.6 Å². The van der Waals surface area contributed by atoms with Crippen LogP contribution in [-0.2, 0) is 10.5 Å². The molecule has 5 rings (SSSR count). The van der Waals surface area contributed by atoms with Gasteiger partial charge in [-0.2, -0.15) is 4.98 Å². The van der Waals surface area contributed by atoms with Gasteiger partial charge in [-0.3, -0.25) is 14.9 Å². The molecule has 0 fully saturated rings. The van der Waals surface area contributed by atoms with E-state index in [4.69, 9.17) is 16.7 Å². The van der Waals surface area contributed by atoms with Crippen LogP contribution in [0, 0.1) is 15.5 Å². The lowest BCUT2D eigenvalue weighted by atomic mass is 9.73. The van der Waals surface area contributed by atoms with E-state index in [1.165, 1.54) is 23.9 Å². The predicted octanol–water partition coefficient (Wildman–Crippen LogP) is 5.79. The predicted molar refractivity (Wildman–Crippen MR) is 131 cm³/mol. The molecule has 2 aromatic carbocycles. The van der Waals surface area contributed by atoms with Gasteiger partial charge in [-0.15, -0.1) is 5.10 Å². The summed E-state index contributed by atoms with van der Waals surface area (Å²) < 4.78 is 1.67. The lowest BCUT2D eigenvalue weighted by Gasteiger charge is -2.38. The SMILES string of the molecule is CC1(C)CC(=O)C2=C(C1)Nc1nc(SCc3ccccc3Cl)nn1[C@@H]2c1cccc([N+](=O)[O-])c1. The number of carbonyl (C=O) groups is 1. The van der Waals surface area contributed by atoms with Crippen LogP contribution in [0.25, 0.3) is 0 Å². The number of anilines is 1. The van der Waals surface area contributed by atoms with Gasteiger partial charge in [0.15, 0.2) is 5.78 Å². The lowest BCUT2D eigenvalue weighted by Crippen LogP contribution is -2.36. The molecule has 0 spiro atoms. The molecule has 0 bridgehead atoms. The van der Waals surface area contributed by atoms with Gasteiger partial charge in [0.1, 0.15) is 6.04 Å². The fourth-order valence-corrected chi connectivity index (χ4v) is 5.64. The second-order valence-corrected chi connectivity index (χ2v) is 10.6. The Morgan fingerprint density at radius 1 is 1.24 bits per heavy atom. The molecule has 0 saturated carbocycles. The molecule has 2 heterocycles. The maximum absolute atomic E-state index is 13.3. The van der Waals surface area contributed by atoms with Crippen LogP contribution in [0.2, 0.25) is 5.02 Å². The summed E-state index contributed by atoms with van der Waals surface area (Å²) in [5.74, 6) is 1.12. The Labute approximate surface area is 205 Å². The number of non-ortho nitro benzene ring substituents is 1. The molecule has 1 N–H and O–H groups in total. The van der Waals surface area contributed by atoms with Crippen molar-refractivity contribution in [1.82, 2.24) is 14.8 Å². The number of fused-ring (bicyclic) bond motifs is 1. The van der Waals surface area contributed by atoms with Gasteiger partial charge in [0.05, 0.1) is 4.92 Å². The standard InChI is InChI=1S/C24H22ClN5O3S/c1-24(2)11-18-20(19(31)12-24)21(14-7-5-8-16(10-14)30(32)33)29-22(26-18)27-23(28-29)34-13-15-6-3-4-9-17(15)25/h3-10,21H,11-13H2,1-2H3,(H,26,27,28)/t21-/m1/s1. The van der Waals surface area contributed by atoms with Crippen LogP contribution in [-0.4, -0.2) is 25.5 Å². The highest BCUT2D eigenvalue weighted by atomic mass is 35.5. The van der Waals surface area contributed by atoms with E-state index < -0.39 is 11.0 Å². The number of carbonyl (C=O) groups excluding carboxylic acids is 1. The van der Waals surface area contributed by atoms with Crippen LogP contribution in [0.5, 0.6) is 0 Å². The van der Waals surface area contributed by atoms with Gasteiger partial charge in [-0.05, 0) is 29.0 Å². The molecule has 174 valence electrons. The van der Waals surface area contributed by atoms with E-state index in [1.54, 1.807) is 16.8 Å². The minimum atomic E-state index is -0.586. The van der Waals surface area contributed by atoms with E-state index in [9.17, 15) is 14.9 Å². The summed E-state index contributed by atoms with van der Waals surface area (Å²) in [5.41, 5.74) is 2.78. The molecule has 1 aliphatic heterocycles. The molecule has 8 nitrogen and oxygen atoms in total. The minimum absolute atomic E-state index is 0.0154. The van der Waals surface area contributed by atoms with Crippen LogP contribution < -0.4 is 5.32 Å². The number of aromatic nitrogens is 3. The topological polar surface area (TPSA) is 103 Å². The number of ketones is 1. The first-order chi connectivity index (χ1) is 16.2. The van der Waals surface area contributed by atoms with Crippen molar-refractivity contribution in [3.63, 3.8) is 0 Å². The quantitative estimate of drug-likeness (QED) is 0.271. The highest BCUT2D eigenvalue weighted by Crippen LogP contribution is 2.46. The van der Waals surface area contributed by atoms with Gasteiger partial charge in [-0.1, -0.05) is 67.5 Å². The van der Waals surface area contributed by atoms with E-state index in [0.29, 0.717) is 45.9 Å². The Balaban J connectivity index is 1.56. The number of rotatable bonds is 5. The van der Waals surface area contributed by atoms with Gasteiger partial charge in [-0.25, -0.2) is 4.68 Å². The number of thioether (sulfide) groups is 1. The summed E-state index contributed by atoms with van der Waals surface area (Å²) in [6.07, 6.45) is 1.07. The van der Waals surface area contributed by atoms with Crippen molar-refractivity contribution in [2.24, 2.45) is 5.41 Å². The maximum Gasteiger partial charge on any atom is 0.269 e. The highest BCUT2D eigenvalue weighted by molar-refractivity contribution is 7.98. The van der Waals surface area contributed by atoms with Crippen molar-refractivity contribution >= 4 is 40.8 Å². The van der Waals surface area contributed by atoms with Crippen molar-refractivity contribution in [3.8, 4) is 0 Å². The number of nitro groups is 1. The Kier molecular flexibility index (Phi) is 5.69. The van der Waals surface area contributed by atoms with Gasteiger partial charge in [0.2, 0.25) is 11.1 Å². The van der Waals surface area contributed by atoms with Crippen molar-refractivity contribution in [3.05, 3.63) is 86.1 Å². The summed E-state index contributed by atoms with van der Waals surface area (Å²) >= 11 is 7.73. The molecule has 0 radical (unpaired) electrons. The monoisotopic (exact) mass is 495 g/mol. The number of nitro benzene ring substituents is 1. The molecule has 3 aromatic rings. The van der Waals surface area contributed by atoms with Crippen molar-refractivity contribution < 1.29 is 9.72 Å². The van der Waals surface area contributed by atoms with Crippen molar-refractivity contribution in [1.29, 1.82) is 0 Å². The van der Waals surface area contributed by atoms with Crippen molar-refractivity contribution in [2.75, 3.05) is 5.32 Å². The molecule has 0 saturated heterocycles. The highest BCUT2D eigenvalue weighted by Gasteiger charge is 2.42.